The highest BCUT2D eigenvalue weighted by Gasteiger charge is 2.33. The number of aromatic nitrogens is 2. The Labute approximate surface area is 175 Å². The molecule has 30 heavy (non-hydrogen) atoms. The molecule has 1 aromatic heterocycles. The summed E-state index contributed by atoms with van der Waals surface area (Å²) in [5.41, 5.74) is 0.968. The number of ether oxygens (including phenoxy) is 1. The summed E-state index contributed by atoms with van der Waals surface area (Å²) >= 11 is 0. The van der Waals surface area contributed by atoms with Crippen LogP contribution in [0.3, 0.4) is 0 Å². The second kappa shape index (κ2) is 8.04. The van der Waals surface area contributed by atoms with Crippen LogP contribution in [-0.4, -0.2) is 58.4 Å². The van der Waals surface area contributed by atoms with Crippen LogP contribution in [0.1, 0.15) is 47.9 Å². The van der Waals surface area contributed by atoms with E-state index in [0.717, 1.165) is 5.71 Å². The van der Waals surface area contributed by atoms with Gasteiger partial charge in [-0.2, -0.15) is 0 Å². The van der Waals surface area contributed by atoms with Crippen molar-refractivity contribution in [3.63, 3.8) is 0 Å². The van der Waals surface area contributed by atoms with E-state index in [0.29, 0.717) is 49.5 Å². The number of terminal acetylenes is 1. The number of alkyl halides is 1. The highest BCUT2D eigenvalue weighted by atomic mass is 19.1. The molecule has 0 unspecified atom stereocenters. The van der Waals surface area contributed by atoms with Crippen LogP contribution < -0.4 is 0 Å². The molecule has 3 heterocycles. The SMILES string of the molecule is C#C[C@@H](c1ccccc1C(C)(C)F)n1cncc1C(=O)N1CCC2=NCCO[C@@H]2C1. The Morgan fingerprint density at radius 2 is 2.20 bits per heavy atom. The Morgan fingerprint density at radius 1 is 1.40 bits per heavy atom. The monoisotopic (exact) mass is 408 g/mol. The third-order valence-electron chi connectivity index (χ3n) is 5.63. The average Bonchev–Trinajstić information content (AvgIpc) is 3.22. The first-order valence-electron chi connectivity index (χ1n) is 10.1. The molecular weight excluding hydrogens is 383 g/mol. The second-order valence-corrected chi connectivity index (χ2v) is 8.05. The Morgan fingerprint density at radius 3 is 2.97 bits per heavy atom. The largest absolute Gasteiger partial charge is 0.368 e. The molecule has 156 valence electrons. The van der Waals surface area contributed by atoms with Crippen LogP contribution >= 0.6 is 0 Å². The van der Waals surface area contributed by atoms with E-state index in [-0.39, 0.29) is 12.0 Å². The van der Waals surface area contributed by atoms with Crippen molar-refractivity contribution in [2.45, 2.75) is 38.1 Å². The number of fused-ring (bicyclic) bond motifs is 1. The number of hydrogen-bond acceptors (Lipinski definition) is 4. The number of imidazole rings is 1. The van der Waals surface area contributed by atoms with E-state index in [1.807, 2.05) is 6.07 Å². The third-order valence-corrected chi connectivity index (χ3v) is 5.63. The van der Waals surface area contributed by atoms with Gasteiger partial charge in [-0.1, -0.05) is 30.2 Å². The zero-order chi connectivity index (χ0) is 21.3. The molecule has 1 aromatic carbocycles. The summed E-state index contributed by atoms with van der Waals surface area (Å²) in [5.74, 6) is 2.55. The molecule has 0 bridgehead atoms. The van der Waals surface area contributed by atoms with Crippen molar-refractivity contribution in [2.75, 3.05) is 26.2 Å². The summed E-state index contributed by atoms with van der Waals surface area (Å²) in [4.78, 5) is 23.8. The van der Waals surface area contributed by atoms with Crippen LogP contribution in [0.5, 0.6) is 0 Å². The molecule has 6 nitrogen and oxygen atoms in total. The Bertz CT molecular complexity index is 1010. The summed E-state index contributed by atoms with van der Waals surface area (Å²) in [6.45, 7) is 5.27. The van der Waals surface area contributed by atoms with E-state index in [9.17, 15) is 9.18 Å². The van der Waals surface area contributed by atoms with Crippen molar-refractivity contribution in [2.24, 2.45) is 4.99 Å². The lowest BCUT2D eigenvalue weighted by atomic mass is 9.91. The van der Waals surface area contributed by atoms with Crippen molar-refractivity contribution in [1.82, 2.24) is 14.5 Å². The number of nitrogens with zero attached hydrogens (tertiary/aromatic N) is 4. The molecule has 1 fully saturated rings. The predicted molar refractivity (Wildman–Crippen MR) is 112 cm³/mol. The van der Waals surface area contributed by atoms with Gasteiger partial charge in [0.05, 0.1) is 32.2 Å². The molecule has 0 spiro atoms. The smallest absolute Gasteiger partial charge is 0.272 e. The maximum Gasteiger partial charge on any atom is 0.272 e. The Kier molecular flexibility index (Phi) is 5.44. The summed E-state index contributed by atoms with van der Waals surface area (Å²) in [6.07, 6.45) is 9.46. The molecular formula is C23H25FN4O2. The minimum absolute atomic E-state index is 0.149. The second-order valence-electron chi connectivity index (χ2n) is 8.05. The third kappa shape index (κ3) is 3.75. The predicted octanol–water partition coefficient (Wildman–Crippen LogP) is 3.00. The van der Waals surface area contributed by atoms with E-state index in [2.05, 4.69) is 15.9 Å². The van der Waals surface area contributed by atoms with Gasteiger partial charge in [-0.05, 0) is 25.0 Å². The average molecular weight is 408 g/mol. The molecule has 2 atom stereocenters. The molecule has 2 aliphatic heterocycles. The minimum atomic E-state index is -1.57. The molecule has 1 saturated heterocycles. The lowest BCUT2D eigenvalue weighted by molar-refractivity contribution is 0.0414. The zero-order valence-electron chi connectivity index (χ0n) is 17.2. The summed E-state index contributed by atoms with van der Waals surface area (Å²) < 4.78 is 22.3. The lowest BCUT2D eigenvalue weighted by Gasteiger charge is -2.35. The molecule has 2 aromatic rings. The molecule has 2 aliphatic rings. The van der Waals surface area contributed by atoms with Gasteiger partial charge in [0.15, 0.2) is 0 Å². The van der Waals surface area contributed by atoms with Gasteiger partial charge in [-0.3, -0.25) is 9.79 Å². The van der Waals surface area contributed by atoms with Crippen molar-refractivity contribution >= 4 is 11.6 Å². The van der Waals surface area contributed by atoms with E-state index in [1.165, 1.54) is 26.4 Å². The zero-order valence-corrected chi connectivity index (χ0v) is 17.2. The highest BCUT2D eigenvalue weighted by Crippen LogP contribution is 2.33. The quantitative estimate of drug-likeness (QED) is 0.731. The minimum Gasteiger partial charge on any atom is -0.368 e. The maximum absolute atomic E-state index is 14.8. The first-order chi connectivity index (χ1) is 14.4. The maximum atomic E-state index is 14.8. The van der Waals surface area contributed by atoms with Gasteiger partial charge in [-0.25, -0.2) is 9.37 Å². The summed E-state index contributed by atoms with van der Waals surface area (Å²) in [6, 6.07) is 6.48. The van der Waals surface area contributed by atoms with Gasteiger partial charge in [0, 0.05) is 18.7 Å². The summed E-state index contributed by atoms with van der Waals surface area (Å²) in [7, 11) is 0. The molecule has 0 N–H and O–H groups in total. The van der Waals surface area contributed by atoms with Gasteiger partial charge >= 0.3 is 0 Å². The Hall–Kier alpha value is -2.98. The highest BCUT2D eigenvalue weighted by molar-refractivity contribution is 5.96. The molecule has 7 heteroatoms. The number of rotatable bonds is 4. The van der Waals surface area contributed by atoms with Crippen LogP contribution in [0.4, 0.5) is 4.39 Å². The standard InChI is InChI=1S/C23H25FN4O2/c1-4-19(16-7-5-6-8-17(16)23(2,3)24)28-15-25-13-20(28)22(29)27-11-9-18-21(14-27)30-12-10-26-18/h1,5-8,13,15,19,21H,9-12,14H2,2-3H3/t19-,21+/m0/s1. The normalized spacial score (nSPS) is 20.1. The topological polar surface area (TPSA) is 59.7 Å². The van der Waals surface area contributed by atoms with Gasteiger partial charge in [0.1, 0.15) is 23.5 Å². The fourth-order valence-electron chi connectivity index (χ4n) is 4.14. The molecule has 0 saturated carbocycles. The number of piperidine rings is 1. The number of likely N-dealkylation sites (tertiary alicyclic amines) is 1. The molecule has 0 radical (unpaired) electrons. The van der Waals surface area contributed by atoms with Crippen molar-refractivity contribution in [1.29, 1.82) is 0 Å². The number of carbonyl (C=O) groups excluding carboxylic acids is 1. The fraction of sp³-hybridized carbons (Fsp3) is 0.435. The number of hydrogen-bond donors (Lipinski definition) is 0. The van der Waals surface area contributed by atoms with Crippen LogP contribution in [0, 0.1) is 12.3 Å². The van der Waals surface area contributed by atoms with Crippen molar-refractivity contribution < 1.29 is 13.9 Å². The molecule has 4 rings (SSSR count). The van der Waals surface area contributed by atoms with Gasteiger partial charge in [-0.15, -0.1) is 6.42 Å². The van der Waals surface area contributed by atoms with Crippen LogP contribution in [-0.2, 0) is 10.4 Å². The number of amides is 1. The summed E-state index contributed by atoms with van der Waals surface area (Å²) in [5, 5.41) is 0. The van der Waals surface area contributed by atoms with Crippen molar-refractivity contribution in [3.05, 3.63) is 53.6 Å². The van der Waals surface area contributed by atoms with Gasteiger partial charge in [0.2, 0.25) is 0 Å². The van der Waals surface area contributed by atoms with E-state index in [1.54, 1.807) is 27.7 Å². The van der Waals surface area contributed by atoms with E-state index < -0.39 is 11.7 Å². The van der Waals surface area contributed by atoms with Crippen LogP contribution in [0.25, 0.3) is 0 Å². The first-order valence-corrected chi connectivity index (χ1v) is 10.1. The van der Waals surface area contributed by atoms with Crippen LogP contribution in [0.15, 0.2) is 41.8 Å². The van der Waals surface area contributed by atoms with Gasteiger partial charge in [0.25, 0.3) is 5.91 Å². The number of aliphatic imine (C=N–C) groups is 1. The Balaban J connectivity index is 1.65. The number of halogens is 1. The lowest BCUT2D eigenvalue weighted by Crippen LogP contribution is -2.50. The number of carbonyl (C=O) groups is 1. The van der Waals surface area contributed by atoms with E-state index >= 15 is 0 Å². The van der Waals surface area contributed by atoms with E-state index in [4.69, 9.17) is 11.2 Å². The first kappa shape index (κ1) is 20.3. The molecule has 1 amide bonds. The van der Waals surface area contributed by atoms with Crippen molar-refractivity contribution in [3.8, 4) is 12.3 Å². The number of benzene rings is 1. The fourth-order valence-corrected chi connectivity index (χ4v) is 4.14. The van der Waals surface area contributed by atoms with Crippen LogP contribution in [0.2, 0.25) is 0 Å². The van der Waals surface area contributed by atoms with Gasteiger partial charge < -0.3 is 14.2 Å². The molecule has 0 aliphatic carbocycles.